The van der Waals surface area contributed by atoms with Gasteiger partial charge in [-0.15, -0.1) is 0 Å². The van der Waals surface area contributed by atoms with Crippen LogP contribution in [0.1, 0.15) is 5.56 Å². The normalized spacial score (nSPS) is 10.1. The largest absolute Gasteiger partial charge is 0.493 e. The van der Waals surface area contributed by atoms with Crippen LogP contribution in [0.5, 0.6) is 17.2 Å². The first kappa shape index (κ1) is 13.1. The molecule has 0 radical (unpaired) electrons. The molecular weight excluding hydrogens is 276 g/mol. The second-order valence-electron chi connectivity index (χ2n) is 3.08. The molecule has 0 aliphatic carbocycles. The topological polar surface area (TPSA) is 47.9 Å². The molecule has 0 fully saturated rings. The Balaban J connectivity index is 3.38. The van der Waals surface area contributed by atoms with Crippen LogP contribution in [0.15, 0.2) is 10.5 Å². The molecule has 1 aromatic carbocycles. The Morgan fingerprint density at radius 1 is 1.12 bits per heavy atom. The number of halogens is 1. The molecule has 0 aromatic heterocycles. The Hall–Kier alpha value is -0.940. The van der Waals surface area contributed by atoms with Gasteiger partial charge in [-0.1, -0.05) is 15.9 Å². The van der Waals surface area contributed by atoms with Crippen molar-refractivity contribution in [2.24, 2.45) is 0 Å². The molecule has 16 heavy (non-hydrogen) atoms. The van der Waals surface area contributed by atoms with Gasteiger partial charge >= 0.3 is 0 Å². The first-order chi connectivity index (χ1) is 7.69. The maximum Gasteiger partial charge on any atom is 0.203 e. The minimum Gasteiger partial charge on any atom is -0.493 e. The summed E-state index contributed by atoms with van der Waals surface area (Å²) < 4.78 is 16.6. The van der Waals surface area contributed by atoms with Crippen molar-refractivity contribution in [3.05, 3.63) is 16.1 Å². The molecule has 0 atom stereocenters. The lowest BCUT2D eigenvalue weighted by Gasteiger charge is -2.16. The predicted octanol–water partition coefficient (Wildman–Crippen LogP) is 2.01. The summed E-state index contributed by atoms with van der Waals surface area (Å²) in [5, 5.41) is 9.01. The number of aliphatic hydroxyl groups excluding tert-OH is 1. The molecule has 0 bridgehead atoms. The third-order valence-electron chi connectivity index (χ3n) is 2.24. The Kier molecular flexibility index (Phi) is 4.89. The average Bonchev–Trinajstić information content (AvgIpc) is 2.30. The zero-order chi connectivity index (χ0) is 12.1. The number of benzene rings is 1. The van der Waals surface area contributed by atoms with Crippen LogP contribution >= 0.6 is 15.9 Å². The van der Waals surface area contributed by atoms with Crippen LogP contribution in [0, 0.1) is 0 Å². The predicted molar refractivity (Wildman–Crippen MR) is 64.6 cm³/mol. The number of methoxy groups -OCH3 is 3. The maximum atomic E-state index is 9.01. The Bertz CT molecular complexity index is 365. The number of hydrogen-bond acceptors (Lipinski definition) is 4. The summed E-state index contributed by atoms with van der Waals surface area (Å²) in [6.07, 6.45) is 0.490. The van der Waals surface area contributed by atoms with Crippen molar-refractivity contribution in [1.29, 1.82) is 0 Å². The molecule has 5 heteroatoms. The highest BCUT2D eigenvalue weighted by atomic mass is 79.9. The van der Waals surface area contributed by atoms with Gasteiger partial charge in [0.1, 0.15) is 0 Å². The summed E-state index contributed by atoms with van der Waals surface area (Å²) in [6, 6.07) is 1.80. The van der Waals surface area contributed by atoms with E-state index in [2.05, 4.69) is 15.9 Å². The summed E-state index contributed by atoms with van der Waals surface area (Å²) in [6.45, 7) is 0.0461. The van der Waals surface area contributed by atoms with Gasteiger partial charge in [0, 0.05) is 23.1 Å². The van der Waals surface area contributed by atoms with Crippen LogP contribution in [0.4, 0.5) is 0 Å². The molecule has 1 N–H and O–H groups in total. The highest BCUT2D eigenvalue weighted by Gasteiger charge is 2.18. The van der Waals surface area contributed by atoms with Crippen molar-refractivity contribution in [2.45, 2.75) is 6.42 Å². The number of aliphatic hydroxyl groups is 1. The molecule has 0 saturated carbocycles. The second-order valence-corrected chi connectivity index (χ2v) is 3.93. The molecule has 1 aromatic rings. The van der Waals surface area contributed by atoms with Gasteiger partial charge in [-0.05, 0) is 6.07 Å². The van der Waals surface area contributed by atoms with Crippen molar-refractivity contribution in [3.8, 4) is 17.2 Å². The lowest BCUT2D eigenvalue weighted by atomic mass is 10.1. The van der Waals surface area contributed by atoms with Crippen molar-refractivity contribution < 1.29 is 19.3 Å². The SMILES string of the molecule is COc1cc(Br)c(CCO)c(OC)c1OC. The number of hydrogen-bond donors (Lipinski definition) is 1. The van der Waals surface area contributed by atoms with E-state index in [1.54, 1.807) is 27.4 Å². The molecule has 0 amide bonds. The van der Waals surface area contributed by atoms with Gasteiger partial charge in [-0.2, -0.15) is 0 Å². The van der Waals surface area contributed by atoms with Crippen molar-refractivity contribution in [2.75, 3.05) is 27.9 Å². The van der Waals surface area contributed by atoms with E-state index in [0.717, 1.165) is 10.0 Å². The average molecular weight is 291 g/mol. The third-order valence-corrected chi connectivity index (χ3v) is 2.95. The van der Waals surface area contributed by atoms with E-state index in [1.807, 2.05) is 0 Å². The summed E-state index contributed by atoms with van der Waals surface area (Å²) in [5.74, 6) is 1.72. The van der Waals surface area contributed by atoms with Gasteiger partial charge in [0.25, 0.3) is 0 Å². The summed E-state index contributed by atoms with van der Waals surface area (Å²) >= 11 is 3.42. The van der Waals surface area contributed by atoms with E-state index in [4.69, 9.17) is 19.3 Å². The molecule has 0 heterocycles. The molecule has 1 rings (SSSR count). The van der Waals surface area contributed by atoms with Crippen LogP contribution in [-0.2, 0) is 6.42 Å². The monoisotopic (exact) mass is 290 g/mol. The fourth-order valence-electron chi connectivity index (χ4n) is 1.53. The molecule has 0 spiro atoms. The fraction of sp³-hybridized carbons (Fsp3) is 0.455. The zero-order valence-corrected chi connectivity index (χ0v) is 11.1. The van der Waals surface area contributed by atoms with Crippen LogP contribution in [0.3, 0.4) is 0 Å². The highest BCUT2D eigenvalue weighted by Crippen LogP contribution is 2.43. The molecule has 90 valence electrons. The van der Waals surface area contributed by atoms with E-state index in [0.29, 0.717) is 23.7 Å². The molecule has 4 nitrogen and oxygen atoms in total. The van der Waals surface area contributed by atoms with Crippen LogP contribution < -0.4 is 14.2 Å². The quantitative estimate of drug-likeness (QED) is 0.901. The first-order valence-corrected chi connectivity index (χ1v) is 5.57. The minimum atomic E-state index is 0.0461. The van der Waals surface area contributed by atoms with Crippen LogP contribution in [0.2, 0.25) is 0 Å². The standard InChI is InChI=1S/C11H15BrO4/c1-14-9-6-8(12)7(4-5-13)10(15-2)11(9)16-3/h6,13H,4-5H2,1-3H3. The zero-order valence-electron chi connectivity index (χ0n) is 9.54. The van der Waals surface area contributed by atoms with Crippen molar-refractivity contribution in [1.82, 2.24) is 0 Å². The van der Waals surface area contributed by atoms with Gasteiger partial charge in [-0.3, -0.25) is 0 Å². The first-order valence-electron chi connectivity index (χ1n) is 4.77. The second kappa shape index (κ2) is 5.96. The molecular formula is C11H15BrO4. The lowest BCUT2D eigenvalue weighted by Crippen LogP contribution is -2.01. The minimum absolute atomic E-state index is 0.0461. The maximum absolute atomic E-state index is 9.01. The van der Waals surface area contributed by atoms with Gasteiger partial charge in [-0.25, -0.2) is 0 Å². The Labute approximate surface area is 103 Å². The Morgan fingerprint density at radius 3 is 2.19 bits per heavy atom. The number of rotatable bonds is 5. The summed E-state index contributed by atoms with van der Waals surface area (Å²) in [7, 11) is 4.68. The molecule has 0 aliphatic heterocycles. The molecule has 0 aliphatic rings. The summed E-state index contributed by atoms with van der Waals surface area (Å²) in [4.78, 5) is 0. The van der Waals surface area contributed by atoms with Crippen molar-refractivity contribution >= 4 is 15.9 Å². The molecule has 0 unspecified atom stereocenters. The van der Waals surface area contributed by atoms with Gasteiger partial charge < -0.3 is 19.3 Å². The third kappa shape index (κ3) is 2.41. The Morgan fingerprint density at radius 2 is 1.75 bits per heavy atom. The van der Waals surface area contributed by atoms with E-state index < -0.39 is 0 Å². The van der Waals surface area contributed by atoms with Gasteiger partial charge in [0.05, 0.1) is 21.3 Å². The smallest absolute Gasteiger partial charge is 0.203 e. The van der Waals surface area contributed by atoms with Gasteiger partial charge in [0.2, 0.25) is 5.75 Å². The van der Waals surface area contributed by atoms with Crippen LogP contribution in [-0.4, -0.2) is 33.0 Å². The van der Waals surface area contributed by atoms with Crippen molar-refractivity contribution in [3.63, 3.8) is 0 Å². The van der Waals surface area contributed by atoms with Gasteiger partial charge in [0.15, 0.2) is 11.5 Å². The number of ether oxygens (including phenoxy) is 3. The van der Waals surface area contributed by atoms with E-state index >= 15 is 0 Å². The van der Waals surface area contributed by atoms with E-state index in [-0.39, 0.29) is 6.61 Å². The lowest BCUT2D eigenvalue weighted by molar-refractivity contribution is 0.291. The van der Waals surface area contributed by atoms with Crippen LogP contribution in [0.25, 0.3) is 0 Å². The highest BCUT2D eigenvalue weighted by molar-refractivity contribution is 9.10. The molecule has 0 saturated heterocycles. The summed E-state index contributed by atoms with van der Waals surface area (Å²) in [5.41, 5.74) is 0.864. The van der Waals surface area contributed by atoms with E-state index in [1.165, 1.54) is 0 Å². The fourth-order valence-corrected chi connectivity index (χ4v) is 2.12. The van der Waals surface area contributed by atoms with E-state index in [9.17, 15) is 0 Å².